The van der Waals surface area contributed by atoms with Crippen molar-refractivity contribution in [3.63, 3.8) is 0 Å². The first-order valence-electron chi connectivity index (χ1n) is 40.8. The fourth-order valence-corrected chi connectivity index (χ4v) is 13.2. The average molecular weight is 1380 g/mol. The molecule has 0 saturated carbocycles. The molecule has 9 N–H and O–H groups in total. The maximum atomic E-state index is 13.4. The number of ether oxygens (including phenoxy) is 4. The molecule has 2 aliphatic rings. The van der Waals surface area contributed by atoms with Gasteiger partial charge in [-0.15, -0.1) is 0 Å². The predicted octanol–water partition coefficient (Wildman–Crippen LogP) is 18.7. The lowest BCUT2D eigenvalue weighted by Gasteiger charge is -2.46. The van der Waals surface area contributed by atoms with Gasteiger partial charge in [-0.25, -0.2) is 0 Å². The first-order chi connectivity index (χ1) is 48.1. The van der Waals surface area contributed by atoms with Crippen LogP contribution in [-0.4, -0.2) is 140 Å². The van der Waals surface area contributed by atoms with Gasteiger partial charge in [0, 0.05) is 6.42 Å². The number of amides is 1. The molecule has 14 nitrogen and oxygen atoms in total. The average Bonchev–Trinajstić information content (AvgIpc) is 0.793. The van der Waals surface area contributed by atoms with E-state index in [1.165, 1.54) is 250 Å². The van der Waals surface area contributed by atoms with Crippen LogP contribution in [0.2, 0.25) is 0 Å². The van der Waals surface area contributed by atoms with Crippen LogP contribution in [0.5, 0.6) is 0 Å². The van der Waals surface area contributed by atoms with E-state index in [9.17, 15) is 45.6 Å². The molecule has 0 spiro atoms. The lowest BCUT2D eigenvalue weighted by molar-refractivity contribution is -0.359. The van der Waals surface area contributed by atoms with Gasteiger partial charge in [0.2, 0.25) is 5.91 Å². The van der Waals surface area contributed by atoms with Crippen LogP contribution in [-0.2, 0) is 23.7 Å². The van der Waals surface area contributed by atoms with Gasteiger partial charge in [0.15, 0.2) is 12.6 Å². The second-order valence-corrected chi connectivity index (χ2v) is 28.5. The zero-order chi connectivity index (χ0) is 70.8. The van der Waals surface area contributed by atoms with Crippen LogP contribution < -0.4 is 5.32 Å². The number of rotatable bonds is 68. The molecule has 0 radical (unpaired) electrons. The van der Waals surface area contributed by atoms with E-state index >= 15 is 0 Å². The molecule has 0 aromatic heterocycles. The molecule has 2 rings (SSSR count). The van der Waals surface area contributed by atoms with Crippen LogP contribution >= 0.6 is 0 Å². The molecule has 0 aromatic rings. The minimum absolute atomic E-state index is 0.244. The first-order valence-corrected chi connectivity index (χ1v) is 40.8. The molecule has 0 bridgehead atoms. The van der Waals surface area contributed by atoms with Gasteiger partial charge in [-0.05, 0) is 77.0 Å². The van der Waals surface area contributed by atoms with E-state index in [0.717, 1.165) is 64.2 Å². The summed E-state index contributed by atoms with van der Waals surface area (Å²) in [7, 11) is 0. The van der Waals surface area contributed by atoms with Gasteiger partial charge in [-0.2, -0.15) is 0 Å². The zero-order valence-electron chi connectivity index (χ0n) is 62.5. The maximum Gasteiger partial charge on any atom is 0.220 e. The highest BCUT2D eigenvalue weighted by molar-refractivity contribution is 5.76. The van der Waals surface area contributed by atoms with Crippen LogP contribution in [0, 0.1) is 0 Å². The quantitative estimate of drug-likeness (QED) is 0.0204. The van der Waals surface area contributed by atoms with E-state index in [2.05, 4.69) is 92.1 Å². The Morgan fingerprint density at radius 3 is 1.12 bits per heavy atom. The second-order valence-electron chi connectivity index (χ2n) is 28.5. The molecule has 2 aliphatic heterocycles. The summed E-state index contributed by atoms with van der Waals surface area (Å²) in [6.07, 6.45) is 78.2. The Morgan fingerprint density at radius 2 is 0.714 bits per heavy atom. The molecule has 14 heteroatoms. The zero-order valence-corrected chi connectivity index (χ0v) is 62.5. The Bertz CT molecular complexity index is 1970. The van der Waals surface area contributed by atoms with Gasteiger partial charge in [0.25, 0.3) is 0 Å². The fourth-order valence-electron chi connectivity index (χ4n) is 13.2. The summed E-state index contributed by atoms with van der Waals surface area (Å²) >= 11 is 0. The number of aliphatic hydroxyl groups excluding tert-OH is 8. The Labute approximate surface area is 599 Å². The number of carbonyl (C=O) groups is 1. The van der Waals surface area contributed by atoms with E-state index < -0.39 is 86.8 Å². The van der Waals surface area contributed by atoms with Crippen LogP contribution in [0.4, 0.5) is 0 Å². The number of hydrogen-bond acceptors (Lipinski definition) is 13. The van der Waals surface area contributed by atoms with E-state index in [-0.39, 0.29) is 18.9 Å². The first kappa shape index (κ1) is 91.3. The predicted molar refractivity (Wildman–Crippen MR) is 406 cm³/mol. The van der Waals surface area contributed by atoms with Gasteiger partial charge < -0.3 is 65.1 Å². The lowest BCUT2D eigenvalue weighted by Crippen LogP contribution is -2.65. The number of unbranched alkanes of at least 4 members (excludes halogenated alkanes) is 43. The summed E-state index contributed by atoms with van der Waals surface area (Å²) in [6, 6.07) is -0.935. The van der Waals surface area contributed by atoms with Crippen molar-refractivity contribution in [3.05, 3.63) is 85.1 Å². The molecule has 570 valence electrons. The van der Waals surface area contributed by atoms with Gasteiger partial charge >= 0.3 is 0 Å². The molecule has 2 fully saturated rings. The normalized spacial score (nSPS) is 22.5. The molecule has 2 heterocycles. The Morgan fingerprint density at radius 1 is 0.378 bits per heavy atom. The van der Waals surface area contributed by atoms with Crippen LogP contribution in [0.3, 0.4) is 0 Å². The standard InChI is InChI=1S/C84H151NO13/c1-3-5-7-9-11-13-15-17-19-21-23-25-27-29-30-31-32-33-34-35-36-37-38-39-40-41-42-44-46-48-50-52-54-56-58-60-62-64-66-68-76(89)85-72(71-95-83-81(94)79(92)82(75(70-87)97-83)98-84-80(93)78(91)77(90)74(69-86)96-84)73(88)67-65-63-61-59-57-55-53-51-49-47-45-43-28-26-24-22-20-18-16-14-12-10-8-6-4-2/h5,7,11,13,17,19,23,25,29-30,57,59,65,67,72-75,77-84,86-88,90-94H,3-4,6,8-10,12,14-16,18,20-22,24,26-28,31-56,58,60-64,66,68-71H2,1-2H3,(H,85,89)/b7-5-,13-11-,19-17-,25-23-,30-29-,59-57+,67-65+. The number of aliphatic hydroxyl groups is 8. The van der Waals surface area contributed by atoms with E-state index in [1.807, 2.05) is 6.08 Å². The van der Waals surface area contributed by atoms with E-state index in [1.54, 1.807) is 6.08 Å². The third kappa shape index (κ3) is 49.7. The van der Waals surface area contributed by atoms with Gasteiger partial charge in [-0.3, -0.25) is 4.79 Å². The summed E-state index contributed by atoms with van der Waals surface area (Å²) < 4.78 is 22.9. The minimum Gasteiger partial charge on any atom is -0.394 e. The van der Waals surface area contributed by atoms with Crippen LogP contribution in [0.15, 0.2) is 85.1 Å². The molecular formula is C84H151NO13. The van der Waals surface area contributed by atoms with Crippen molar-refractivity contribution in [2.45, 2.75) is 421 Å². The van der Waals surface area contributed by atoms with Crippen molar-refractivity contribution in [1.82, 2.24) is 5.32 Å². The summed E-state index contributed by atoms with van der Waals surface area (Å²) in [4.78, 5) is 13.4. The molecule has 0 aliphatic carbocycles. The highest BCUT2D eigenvalue weighted by atomic mass is 16.7. The Kier molecular flexibility index (Phi) is 62.7. The van der Waals surface area contributed by atoms with Crippen LogP contribution in [0.1, 0.15) is 348 Å². The number of hydrogen-bond donors (Lipinski definition) is 9. The highest BCUT2D eigenvalue weighted by Gasteiger charge is 2.51. The van der Waals surface area contributed by atoms with Crippen molar-refractivity contribution in [3.8, 4) is 0 Å². The van der Waals surface area contributed by atoms with Crippen molar-refractivity contribution in [2.24, 2.45) is 0 Å². The third-order valence-electron chi connectivity index (χ3n) is 19.6. The van der Waals surface area contributed by atoms with Gasteiger partial charge in [-0.1, -0.05) is 349 Å². The number of allylic oxidation sites excluding steroid dienone is 13. The van der Waals surface area contributed by atoms with Crippen molar-refractivity contribution in [1.29, 1.82) is 0 Å². The molecule has 0 aromatic carbocycles. The molecule has 98 heavy (non-hydrogen) atoms. The van der Waals surface area contributed by atoms with E-state index in [0.29, 0.717) is 12.8 Å². The monoisotopic (exact) mass is 1380 g/mol. The molecule has 12 atom stereocenters. The van der Waals surface area contributed by atoms with E-state index in [4.69, 9.17) is 18.9 Å². The molecule has 12 unspecified atom stereocenters. The summed E-state index contributed by atoms with van der Waals surface area (Å²) in [5.41, 5.74) is 0. The van der Waals surface area contributed by atoms with Crippen molar-refractivity contribution >= 4 is 5.91 Å². The fraction of sp³-hybridized carbons (Fsp3) is 0.821. The lowest BCUT2D eigenvalue weighted by atomic mass is 9.97. The Hall–Kier alpha value is -2.83. The van der Waals surface area contributed by atoms with Gasteiger partial charge in [0.05, 0.1) is 32.0 Å². The smallest absolute Gasteiger partial charge is 0.220 e. The summed E-state index contributed by atoms with van der Waals surface area (Å²) in [5, 5.41) is 87.7. The molecular weight excluding hydrogens is 1230 g/mol. The Balaban J connectivity index is 1.59. The number of nitrogens with one attached hydrogen (secondary N) is 1. The van der Waals surface area contributed by atoms with Crippen molar-refractivity contribution < 1.29 is 64.6 Å². The minimum atomic E-state index is -1.79. The maximum absolute atomic E-state index is 13.4. The van der Waals surface area contributed by atoms with Gasteiger partial charge in [0.1, 0.15) is 48.8 Å². The topological polar surface area (TPSA) is 228 Å². The van der Waals surface area contributed by atoms with Crippen molar-refractivity contribution in [2.75, 3.05) is 19.8 Å². The number of carbonyl (C=O) groups excluding carboxylic acids is 1. The highest BCUT2D eigenvalue weighted by Crippen LogP contribution is 2.30. The third-order valence-corrected chi connectivity index (χ3v) is 19.6. The second kappa shape index (κ2) is 67.4. The summed E-state index contributed by atoms with van der Waals surface area (Å²) in [6.45, 7) is 2.72. The molecule has 2 saturated heterocycles. The SMILES string of the molecule is CC/C=C\C/C=C\C/C=C\C/C=C\C/C=C\CCCCCCCCCCCCCCCCCCCCCCCCCC(=O)NC(COC1OC(CO)C(OC2OC(CO)C(O)C(O)C2O)C(O)C1O)C(O)/C=C/CC/C=C/CCCCCCCCCCCCCCCCCCCCC. The van der Waals surface area contributed by atoms with Crippen LogP contribution in [0.25, 0.3) is 0 Å². The largest absolute Gasteiger partial charge is 0.394 e. The molecule has 1 amide bonds. The summed E-state index contributed by atoms with van der Waals surface area (Å²) in [5.74, 6) is -0.244.